The third-order valence-corrected chi connectivity index (χ3v) is 3.76. The molecule has 0 aliphatic carbocycles. The van der Waals surface area contributed by atoms with Crippen LogP contribution >= 0.6 is 22.9 Å². The fraction of sp³-hybridized carbons (Fsp3) is 0.267. The highest BCUT2D eigenvalue weighted by molar-refractivity contribution is 7.13. The molecule has 0 saturated carbocycles. The van der Waals surface area contributed by atoms with Gasteiger partial charge in [-0.25, -0.2) is 14.6 Å². The Labute approximate surface area is 142 Å². The van der Waals surface area contributed by atoms with Gasteiger partial charge in [0.05, 0.1) is 5.02 Å². The predicted octanol–water partition coefficient (Wildman–Crippen LogP) is 4.51. The van der Waals surface area contributed by atoms with Gasteiger partial charge < -0.3 is 9.84 Å². The van der Waals surface area contributed by atoms with Gasteiger partial charge in [-0.15, -0.1) is 11.3 Å². The smallest absolute Gasteiger partial charge is 0.412 e. The van der Waals surface area contributed by atoms with Crippen LogP contribution in [-0.2, 0) is 4.74 Å². The first-order valence-electron chi connectivity index (χ1n) is 6.64. The molecule has 8 heteroatoms. The van der Waals surface area contributed by atoms with Crippen molar-refractivity contribution in [2.75, 3.05) is 5.32 Å². The molecule has 1 aromatic carbocycles. The fourth-order valence-corrected chi connectivity index (χ4v) is 2.84. The molecular weight excluding hydrogens is 340 g/mol. The van der Waals surface area contributed by atoms with Crippen LogP contribution in [0.1, 0.15) is 31.3 Å². The zero-order chi connectivity index (χ0) is 17.2. The lowest BCUT2D eigenvalue weighted by atomic mass is 10.2. The summed E-state index contributed by atoms with van der Waals surface area (Å²) in [5.74, 6) is -1.09. The van der Waals surface area contributed by atoms with Crippen molar-refractivity contribution in [2.24, 2.45) is 0 Å². The normalized spacial score (nSPS) is 11.1. The van der Waals surface area contributed by atoms with E-state index in [0.717, 1.165) is 0 Å². The molecule has 2 N–H and O–H groups in total. The largest absolute Gasteiger partial charge is 0.476 e. The number of nitrogens with one attached hydrogen (secondary N) is 1. The molecular formula is C15H15ClN2O4S. The lowest BCUT2D eigenvalue weighted by Crippen LogP contribution is -2.27. The van der Waals surface area contributed by atoms with Gasteiger partial charge in [-0.05, 0) is 39.0 Å². The van der Waals surface area contributed by atoms with Gasteiger partial charge >= 0.3 is 12.1 Å². The Kier molecular flexibility index (Phi) is 4.91. The van der Waals surface area contributed by atoms with Crippen LogP contribution < -0.4 is 5.32 Å². The molecule has 0 saturated heterocycles. The number of carboxylic acids is 1. The second kappa shape index (κ2) is 6.55. The Morgan fingerprint density at radius 2 is 2.04 bits per heavy atom. The van der Waals surface area contributed by atoms with E-state index in [9.17, 15) is 9.59 Å². The van der Waals surface area contributed by atoms with E-state index in [1.54, 1.807) is 39.0 Å². The van der Waals surface area contributed by atoms with E-state index in [-0.39, 0.29) is 5.69 Å². The summed E-state index contributed by atoms with van der Waals surface area (Å²) in [5.41, 5.74) is 0.445. The second-order valence-corrected chi connectivity index (χ2v) is 6.93. The van der Waals surface area contributed by atoms with E-state index in [0.29, 0.717) is 21.3 Å². The summed E-state index contributed by atoms with van der Waals surface area (Å²) in [4.78, 5) is 26.6. The van der Waals surface area contributed by atoms with Crippen molar-refractivity contribution in [1.82, 2.24) is 4.98 Å². The van der Waals surface area contributed by atoms with Gasteiger partial charge in [0.2, 0.25) is 0 Å². The lowest BCUT2D eigenvalue weighted by Gasteiger charge is -2.19. The fourth-order valence-electron chi connectivity index (χ4n) is 1.68. The van der Waals surface area contributed by atoms with Gasteiger partial charge in [0, 0.05) is 16.6 Å². The minimum atomic E-state index is -1.09. The first-order valence-corrected chi connectivity index (χ1v) is 7.90. The van der Waals surface area contributed by atoms with Crippen LogP contribution in [0.3, 0.4) is 0 Å². The van der Waals surface area contributed by atoms with Gasteiger partial charge in [-0.2, -0.15) is 0 Å². The van der Waals surface area contributed by atoms with Crippen LogP contribution in [0.4, 0.5) is 10.5 Å². The average Bonchev–Trinajstić information content (AvgIpc) is 2.85. The van der Waals surface area contributed by atoms with Crippen molar-refractivity contribution in [3.8, 4) is 10.6 Å². The maximum absolute atomic E-state index is 11.7. The minimum Gasteiger partial charge on any atom is -0.476 e. The number of aromatic carboxylic acids is 1. The Morgan fingerprint density at radius 3 is 2.57 bits per heavy atom. The van der Waals surface area contributed by atoms with Crippen molar-refractivity contribution >= 4 is 40.7 Å². The van der Waals surface area contributed by atoms with E-state index in [4.69, 9.17) is 21.4 Å². The highest BCUT2D eigenvalue weighted by Crippen LogP contribution is 2.32. The molecule has 0 fully saturated rings. The number of halogens is 1. The summed E-state index contributed by atoms with van der Waals surface area (Å²) in [6.07, 6.45) is -0.580. The number of aromatic nitrogens is 1. The predicted molar refractivity (Wildman–Crippen MR) is 89.4 cm³/mol. The van der Waals surface area contributed by atoms with Gasteiger partial charge in [0.1, 0.15) is 10.6 Å². The number of benzene rings is 1. The number of hydrogen-bond acceptors (Lipinski definition) is 5. The zero-order valence-electron chi connectivity index (χ0n) is 12.7. The number of carboxylic acid groups (broad SMARTS) is 1. The van der Waals surface area contributed by atoms with Crippen molar-refractivity contribution in [1.29, 1.82) is 0 Å². The molecule has 1 amide bonds. The summed E-state index contributed by atoms with van der Waals surface area (Å²) in [6.45, 7) is 5.31. The molecule has 122 valence electrons. The van der Waals surface area contributed by atoms with Crippen LogP contribution in [0.5, 0.6) is 0 Å². The van der Waals surface area contributed by atoms with E-state index >= 15 is 0 Å². The number of carbonyl (C=O) groups is 2. The van der Waals surface area contributed by atoms with Crippen molar-refractivity contribution in [3.05, 3.63) is 34.3 Å². The lowest BCUT2D eigenvalue weighted by molar-refractivity contribution is 0.0634. The summed E-state index contributed by atoms with van der Waals surface area (Å²) in [6, 6.07) is 4.87. The summed E-state index contributed by atoms with van der Waals surface area (Å²) in [7, 11) is 0. The molecule has 2 rings (SSSR count). The molecule has 0 aliphatic rings. The molecule has 0 spiro atoms. The zero-order valence-corrected chi connectivity index (χ0v) is 14.3. The molecule has 2 aromatic rings. The second-order valence-electron chi connectivity index (χ2n) is 5.66. The van der Waals surface area contributed by atoms with E-state index in [1.165, 1.54) is 16.7 Å². The monoisotopic (exact) mass is 354 g/mol. The number of anilines is 1. The van der Waals surface area contributed by atoms with Crippen LogP contribution in [0.15, 0.2) is 23.6 Å². The Hall–Kier alpha value is -2.12. The molecule has 23 heavy (non-hydrogen) atoms. The standard InChI is InChI=1S/C15H15ClN2O4S/c1-15(2,3)22-14(21)17-8-4-5-9(10(16)6-8)12-18-11(7-23-12)13(19)20/h4-7H,1-3H3,(H,17,21)(H,19,20). The molecule has 6 nitrogen and oxygen atoms in total. The summed E-state index contributed by atoms with van der Waals surface area (Å²) in [5, 5.41) is 13.8. The van der Waals surface area contributed by atoms with Crippen LogP contribution in [-0.4, -0.2) is 27.8 Å². The maximum Gasteiger partial charge on any atom is 0.412 e. The summed E-state index contributed by atoms with van der Waals surface area (Å²) >= 11 is 7.38. The minimum absolute atomic E-state index is 0.0305. The Balaban J connectivity index is 2.17. The van der Waals surface area contributed by atoms with Crippen LogP contribution in [0, 0.1) is 0 Å². The molecule has 0 unspecified atom stereocenters. The highest BCUT2D eigenvalue weighted by atomic mass is 35.5. The van der Waals surface area contributed by atoms with E-state index < -0.39 is 17.7 Å². The Morgan fingerprint density at radius 1 is 1.35 bits per heavy atom. The van der Waals surface area contributed by atoms with Gasteiger partial charge in [-0.3, -0.25) is 5.32 Å². The van der Waals surface area contributed by atoms with Crippen LogP contribution in [0.2, 0.25) is 5.02 Å². The quantitative estimate of drug-likeness (QED) is 0.846. The van der Waals surface area contributed by atoms with Crippen molar-refractivity contribution < 1.29 is 19.4 Å². The highest BCUT2D eigenvalue weighted by Gasteiger charge is 2.17. The van der Waals surface area contributed by atoms with Crippen molar-refractivity contribution in [3.63, 3.8) is 0 Å². The number of ether oxygens (including phenoxy) is 1. The van der Waals surface area contributed by atoms with Gasteiger partial charge in [0.15, 0.2) is 5.69 Å². The number of carbonyl (C=O) groups excluding carboxylic acids is 1. The molecule has 0 bridgehead atoms. The molecule has 1 aromatic heterocycles. The third-order valence-electron chi connectivity index (χ3n) is 2.57. The average molecular weight is 355 g/mol. The van der Waals surface area contributed by atoms with Crippen molar-refractivity contribution in [2.45, 2.75) is 26.4 Å². The number of amides is 1. The van der Waals surface area contributed by atoms with Crippen LogP contribution in [0.25, 0.3) is 10.6 Å². The molecule has 0 aliphatic heterocycles. The third kappa shape index (κ3) is 4.67. The number of hydrogen-bond donors (Lipinski definition) is 2. The SMILES string of the molecule is CC(C)(C)OC(=O)Nc1ccc(-c2nc(C(=O)O)cs2)c(Cl)c1. The Bertz CT molecular complexity index is 752. The molecule has 0 radical (unpaired) electrons. The maximum atomic E-state index is 11.7. The summed E-state index contributed by atoms with van der Waals surface area (Å²) < 4.78 is 5.16. The van der Waals surface area contributed by atoms with E-state index in [2.05, 4.69) is 10.3 Å². The van der Waals surface area contributed by atoms with Gasteiger partial charge in [-0.1, -0.05) is 11.6 Å². The number of nitrogens with zero attached hydrogens (tertiary/aromatic N) is 1. The molecule has 0 atom stereocenters. The number of rotatable bonds is 3. The molecule has 1 heterocycles. The number of thiazole rings is 1. The first-order chi connectivity index (χ1) is 10.7. The topological polar surface area (TPSA) is 88.5 Å². The first kappa shape index (κ1) is 17.2. The van der Waals surface area contributed by atoms with E-state index in [1.807, 2.05) is 0 Å². The van der Waals surface area contributed by atoms with Gasteiger partial charge in [0.25, 0.3) is 0 Å².